The van der Waals surface area contributed by atoms with Gasteiger partial charge in [0.25, 0.3) is 0 Å². The molecule has 0 atom stereocenters. The van der Waals surface area contributed by atoms with Crippen LogP contribution in [0.2, 0.25) is 0 Å². The molecule has 1 N–H and O–H groups in total. The van der Waals surface area contributed by atoms with E-state index in [9.17, 15) is 26.4 Å². The number of aromatic nitrogens is 1. The van der Waals surface area contributed by atoms with Crippen LogP contribution in [0.4, 0.5) is 23.7 Å². The second-order valence-electron chi connectivity index (χ2n) is 7.51. The fourth-order valence-electron chi connectivity index (χ4n) is 3.73. The molecular weight excluding hydrogens is 445 g/mol. The molecule has 4 rings (SSSR count). The molecule has 2 aromatic carbocycles. The fourth-order valence-corrected chi connectivity index (χ4v) is 5.19. The number of hydrogen-bond donors (Lipinski definition) is 1. The van der Waals surface area contributed by atoms with Crippen LogP contribution in [-0.2, 0) is 23.2 Å². The number of nitrogens with zero attached hydrogens (tertiary/aromatic N) is 3. The van der Waals surface area contributed by atoms with E-state index < -0.39 is 27.8 Å². The van der Waals surface area contributed by atoms with Crippen molar-refractivity contribution in [1.82, 2.24) is 13.8 Å². The highest BCUT2D eigenvalue weighted by atomic mass is 32.2. The van der Waals surface area contributed by atoms with Crippen LogP contribution in [0.15, 0.2) is 59.6 Å². The first-order valence-corrected chi connectivity index (χ1v) is 11.3. The Morgan fingerprint density at radius 1 is 1.00 bits per heavy atom. The number of carbonyl (C=O) groups excluding carboxylic acids is 1. The van der Waals surface area contributed by atoms with E-state index in [1.54, 1.807) is 18.2 Å². The van der Waals surface area contributed by atoms with Gasteiger partial charge < -0.3 is 14.8 Å². The molecule has 2 heterocycles. The number of fused-ring (bicyclic) bond motifs is 1. The maximum Gasteiger partial charge on any atom is 0.418 e. The Labute approximate surface area is 183 Å². The predicted octanol–water partition coefficient (Wildman–Crippen LogP) is 3.74. The van der Waals surface area contributed by atoms with Crippen molar-refractivity contribution < 1.29 is 26.4 Å². The van der Waals surface area contributed by atoms with E-state index in [1.165, 1.54) is 27.4 Å². The van der Waals surface area contributed by atoms with E-state index in [0.29, 0.717) is 0 Å². The number of halogens is 3. The molecule has 0 spiro atoms. The molecule has 0 bridgehead atoms. The van der Waals surface area contributed by atoms with Crippen molar-refractivity contribution in [3.8, 4) is 0 Å². The SMILES string of the molecule is Cn1ccc2cc(S(=O)(=O)N3CCN(C(=O)Nc4ccccc4C(F)(F)F)CC3)ccc21. The Bertz CT molecular complexity index is 1260. The molecule has 170 valence electrons. The topological polar surface area (TPSA) is 74.7 Å². The zero-order valence-electron chi connectivity index (χ0n) is 17.1. The van der Waals surface area contributed by atoms with Gasteiger partial charge in [-0.2, -0.15) is 17.5 Å². The molecular formula is C21H21F3N4O3S. The smallest absolute Gasteiger partial charge is 0.351 e. The number of hydrogen-bond acceptors (Lipinski definition) is 3. The Hall–Kier alpha value is -3.05. The van der Waals surface area contributed by atoms with Crippen LogP contribution >= 0.6 is 0 Å². The standard InChI is InChI=1S/C21H21F3N4O3S/c1-26-9-8-15-14-16(6-7-19(15)26)32(30,31)28-12-10-27(11-13-28)20(29)25-18-5-3-2-4-17(18)21(22,23)24/h2-9,14H,10-13H2,1H3,(H,25,29). The number of anilines is 1. The summed E-state index contributed by atoms with van der Waals surface area (Å²) in [4.78, 5) is 14.0. The summed E-state index contributed by atoms with van der Waals surface area (Å²) in [7, 11) is -1.89. The summed E-state index contributed by atoms with van der Waals surface area (Å²) in [5, 5.41) is 3.09. The van der Waals surface area contributed by atoms with Crippen LogP contribution in [0.3, 0.4) is 0 Å². The van der Waals surface area contributed by atoms with Gasteiger partial charge in [0.15, 0.2) is 0 Å². The second-order valence-corrected chi connectivity index (χ2v) is 9.45. The van der Waals surface area contributed by atoms with Crippen LogP contribution in [0.5, 0.6) is 0 Å². The normalized spacial score (nSPS) is 15.8. The van der Waals surface area contributed by atoms with Crippen LogP contribution in [-0.4, -0.2) is 54.4 Å². The number of benzene rings is 2. The zero-order chi connectivity index (χ0) is 23.1. The molecule has 7 nitrogen and oxygen atoms in total. The highest BCUT2D eigenvalue weighted by Gasteiger charge is 2.35. The number of alkyl halides is 3. The number of rotatable bonds is 3. The zero-order valence-corrected chi connectivity index (χ0v) is 17.9. The minimum Gasteiger partial charge on any atom is -0.351 e. The number of aryl methyl sites for hydroxylation is 1. The first-order valence-electron chi connectivity index (χ1n) is 9.85. The fraction of sp³-hybridized carbons (Fsp3) is 0.286. The van der Waals surface area contributed by atoms with Gasteiger partial charge in [0.1, 0.15) is 0 Å². The van der Waals surface area contributed by atoms with Crippen molar-refractivity contribution in [3.63, 3.8) is 0 Å². The van der Waals surface area contributed by atoms with Crippen molar-refractivity contribution >= 4 is 32.6 Å². The average Bonchev–Trinajstić information content (AvgIpc) is 3.13. The monoisotopic (exact) mass is 466 g/mol. The Kier molecular flexibility index (Phi) is 5.63. The number of para-hydroxylation sites is 1. The summed E-state index contributed by atoms with van der Waals surface area (Å²) in [6.45, 7) is 0.215. The molecule has 2 amide bonds. The number of amides is 2. The molecule has 3 aromatic rings. The molecule has 0 radical (unpaired) electrons. The largest absolute Gasteiger partial charge is 0.418 e. The highest BCUT2D eigenvalue weighted by molar-refractivity contribution is 7.89. The van der Waals surface area contributed by atoms with Gasteiger partial charge in [-0.25, -0.2) is 13.2 Å². The van der Waals surface area contributed by atoms with Gasteiger partial charge in [0.05, 0.1) is 16.1 Å². The predicted molar refractivity (Wildman–Crippen MR) is 114 cm³/mol. The van der Waals surface area contributed by atoms with Gasteiger partial charge in [-0.05, 0) is 36.4 Å². The van der Waals surface area contributed by atoms with E-state index in [0.717, 1.165) is 17.0 Å². The maximum absolute atomic E-state index is 13.1. The molecule has 1 saturated heterocycles. The number of carbonyl (C=O) groups is 1. The summed E-state index contributed by atoms with van der Waals surface area (Å²) in [5.41, 5.74) is -0.369. The van der Waals surface area contributed by atoms with Gasteiger partial charge in [-0.1, -0.05) is 12.1 Å². The molecule has 0 unspecified atom stereocenters. The van der Waals surface area contributed by atoms with Gasteiger partial charge in [0, 0.05) is 50.3 Å². The van der Waals surface area contributed by atoms with Gasteiger partial charge in [-0.3, -0.25) is 0 Å². The lowest BCUT2D eigenvalue weighted by atomic mass is 10.1. The van der Waals surface area contributed by atoms with E-state index in [4.69, 9.17) is 0 Å². The Morgan fingerprint density at radius 3 is 2.38 bits per heavy atom. The van der Waals surface area contributed by atoms with Crippen molar-refractivity contribution in [3.05, 3.63) is 60.3 Å². The van der Waals surface area contributed by atoms with Gasteiger partial charge in [0.2, 0.25) is 10.0 Å². The highest BCUT2D eigenvalue weighted by Crippen LogP contribution is 2.34. The third-order valence-corrected chi connectivity index (χ3v) is 7.39. The van der Waals surface area contributed by atoms with E-state index in [1.807, 2.05) is 23.9 Å². The number of sulfonamides is 1. The maximum atomic E-state index is 13.1. The second kappa shape index (κ2) is 8.14. The summed E-state index contributed by atoms with van der Waals surface area (Å²) >= 11 is 0. The lowest BCUT2D eigenvalue weighted by Crippen LogP contribution is -2.51. The molecule has 1 fully saturated rings. The molecule has 0 saturated carbocycles. The van der Waals surface area contributed by atoms with Crippen molar-refractivity contribution in [1.29, 1.82) is 0 Å². The summed E-state index contributed by atoms with van der Waals surface area (Å²) in [6, 6.07) is 10.7. The minimum atomic E-state index is -4.60. The third kappa shape index (κ3) is 4.17. The lowest BCUT2D eigenvalue weighted by molar-refractivity contribution is -0.136. The van der Waals surface area contributed by atoms with Crippen LogP contribution < -0.4 is 5.32 Å². The van der Waals surface area contributed by atoms with E-state index >= 15 is 0 Å². The summed E-state index contributed by atoms with van der Waals surface area (Å²) in [6.07, 6.45) is -2.76. The first-order chi connectivity index (χ1) is 15.1. The third-order valence-electron chi connectivity index (χ3n) is 5.49. The molecule has 0 aliphatic carbocycles. The van der Waals surface area contributed by atoms with Gasteiger partial charge in [-0.15, -0.1) is 0 Å². The van der Waals surface area contributed by atoms with Gasteiger partial charge >= 0.3 is 12.2 Å². The van der Waals surface area contributed by atoms with Crippen LogP contribution in [0.25, 0.3) is 10.9 Å². The van der Waals surface area contributed by atoms with Crippen molar-refractivity contribution in [2.24, 2.45) is 7.05 Å². The Morgan fingerprint density at radius 2 is 1.69 bits per heavy atom. The number of urea groups is 1. The van der Waals surface area contributed by atoms with Crippen molar-refractivity contribution in [2.45, 2.75) is 11.1 Å². The van der Waals surface area contributed by atoms with Crippen LogP contribution in [0.1, 0.15) is 5.56 Å². The molecule has 1 aliphatic rings. The number of piperazine rings is 1. The summed E-state index contributed by atoms with van der Waals surface area (Å²) in [5.74, 6) is 0. The van der Waals surface area contributed by atoms with E-state index in [-0.39, 0.29) is 36.8 Å². The quantitative estimate of drug-likeness (QED) is 0.639. The Balaban J connectivity index is 1.44. The molecule has 32 heavy (non-hydrogen) atoms. The average molecular weight is 466 g/mol. The first kappa shape index (κ1) is 22.2. The van der Waals surface area contributed by atoms with Crippen LogP contribution in [0, 0.1) is 0 Å². The minimum absolute atomic E-state index is 0.0451. The summed E-state index contributed by atoms with van der Waals surface area (Å²) < 4.78 is 68.7. The molecule has 11 heteroatoms. The van der Waals surface area contributed by atoms with E-state index in [2.05, 4.69) is 5.32 Å². The molecule has 1 aromatic heterocycles. The van der Waals surface area contributed by atoms with Crippen molar-refractivity contribution in [2.75, 3.05) is 31.5 Å². The lowest BCUT2D eigenvalue weighted by Gasteiger charge is -2.34. The molecule has 1 aliphatic heterocycles. The number of nitrogens with one attached hydrogen (secondary N) is 1.